The van der Waals surface area contributed by atoms with Gasteiger partial charge in [0.1, 0.15) is 11.2 Å². The number of ether oxygens (including phenoxy) is 1. The van der Waals surface area contributed by atoms with Gasteiger partial charge in [-0.05, 0) is 32.1 Å². The summed E-state index contributed by atoms with van der Waals surface area (Å²) in [6, 6.07) is 0. The van der Waals surface area contributed by atoms with E-state index < -0.39 is 17.3 Å². The number of rotatable bonds is 1. The lowest BCUT2D eigenvalue weighted by atomic mass is 9.43. The van der Waals surface area contributed by atoms with Crippen LogP contribution in [0.2, 0.25) is 0 Å². The average Bonchev–Trinajstić information content (AvgIpc) is 2.53. The Morgan fingerprint density at radius 3 is 2.47 bits per heavy atom. The van der Waals surface area contributed by atoms with Gasteiger partial charge in [-0.2, -0.15) is 0 Å². The van der Waals surface area contributed by atoms with Crippen LogP contribution in [0.25, 0.3) is 0 Å². The van der Waals surface area contributed by atoms with Crippen LogP contribution in [0.5, 0.6) is 0 Å². The maximum Gasteiger partial charge on any atom is 0.303 e. The van der Waals surface area contributed by atoms with Crippen LogP contribution in [-0.2, 0) is 9.53 Å². The molecule has 0 aliphatic heterocycles. The largest absolute Gasteiger partial charge is 0.458 e. The maximum absolute atomic E-state index is 11.5. The highest BCUT2D eigenvalue weighted by Crippen LogP contribution is 2.64. The molecule has 3 unspecified atom stereocenters. The smallest absolute Gasteiger partial charge is 0.303 e. The Morgan fingerprint density at radius 1 is 1.11 bits per heavy atom. The van der Waals surface area contributed by atoms with Crippen molar-refractivity contribution in [3.63, 3.8) is 0 Å². The minimum atomic E-state index is -1.02. The van der Waals surface area contributed by atoms with Gasteiger partial charge in [0.05, 0.1) is 6.10 Å². The molecule has 4 heteroatoms. The summed E-state index contributed by atoms with van der Waals surface area (Å²) in [5.41, 5.74) is -1.52. The Bertz CT molecular complexity index is 382. The van der Waals surface area contributed by atoms with Gasteiger partial charge in [-0.25, -0.2) is 0 Å². The second-order valence-corrected chi connectivity index (χ2v) is 6.59. The second kappa shape index (κ2) is 4.45. The van der Waals surface area contributed by atoms with Crippen LogP contribution in [-0.4, -0.2) is 33.5 Å². The topological polar surface area (TPSA) is 66.8 Å². The number of carbonyl (C=O) groups is 1. The van der Waals surface area contributed by atoms with Crippen LogP contribution in [0.1, 0.15) is 58.3 Å². The summed E-state index contributed by atoms with van der Waals surface area (Å²) in [7, 11) is 0. The first-order valence-electron chi connectivity index (χ1n) is 7.62. The first kappa shape index (κ1) is 13.4. The van der Waals surface area contributed by atoms with E-state index in [9.17, 15) is 15.0 Å². The van der Waals surface area contributed by atoms with Crippen molar-refractivity contribution in [2.24, 2.45) is 11.8 Å². The molecule has 2 N–H and O–H groups in total. The highest BCUT2D eigenvalue weighted by Gasteiger charge is 2.74. The second-order valence-electron chi connectivity index (χ2n) is 6.59. The third-order valence-corrected chi connectivity index (χ3v) is 5.69. The van der Waals surface area contributed by atoms with Gasteiger partial charge in [0.15, 0.2) is 0 Å². The van der Waals surface area contributed by atoms with Crippen LogP contribution in [0, 0.1) is 11.8 Å². The molecule has 0 bridgehead atoms. The number of aliphatic hydroxyl groups is 2. The van der Waals surface area contributed by atoms with E-state index in [1.54, 1.807) is 0 Å². The van der Waals surface area contributed by atoms with Gasteiger partial charge in [-0.3, -0.25) is 4.79 Å². The van der Waals surface area contributed by atoms with Crippen molar-refractivity contribution in [1.82, 2.24) is 0 Å². The number of carbonyl (C=O) groups excluding carboxylic acids is 1. The molecule has 3 fully saturated rings. The lowest BCUT2D eigenvalue weighted by Crippen LogP contribution is -2.79. The summed E-state index contributed by atoms with van der Waals surface area (Å²) in [5.74, 6) is -0.406. The SMILES string of the molecule is CC(=O)O[C@]12CCCCCC1C1(O)C(O)CCC[C@H]12. The van der Waals surface area contributed by atoms with E-state index >= 15 is 0 Å². The Hall–Kier alpha value is -0.610. The zero-order valence-corrected chi connectivity index (χ0v) is 11.6. The highest BCUT2D eigenvalue weighted by molar-refractivity contribution is 5.67. The highest BCUT2D eigenvalue weighted by atomic mass is 16.6. The third kappa shape index (κ3) is 1.69. The van der Waals surface area contributed by atoms with Crippen LogP contribution in [0.4, 0.5) is 0 Å². The molecule has 3 aliphatic rings. The summed E-state index contributed by atoms with van der Waals surface area (Å²) >= 11 is 0. The van der Waals surface area contributed by atoms with Crippen molar-refractivity contribution < 1.29 is 19.7 Å². The molecule has 3 rings (SSSR count). The van der Waals surface area contributed by atoms with Gasteiger partial charge in [0, 0.05) is 18.8 Å². The lowest BCUT2D eigenvalue weighted by Gasteiger charge is -2.68. The third-order valence-electron chi connectivity index (χ3n) is 5.69. The molecular weight excluding hydrogens is 244 g/mol. The van der Waals surface area contributed by atoms with Gasteiger partial charge in [-0.1, -0.05) is 19.3 Å². The molecule has 5 atom stereocenters. The molecule has 3 saturated carbocycles. The molecule has 19 heavy (non-hydrogen) atoms. The Kier molecular flexibility index (Phi) is 3.13. The predicted octanol–water partition coefficient (Wildman–Crippen LogP) is 1.77. The number of aliphatic hydroxyl groups excluding tert-OH is 1. The van der Waals surface area contributed by atoms with E-state index in [1.807, 2.05) is 0 Å². The molecular formula is C15H24O4. The van der Waals surface area contributed by atoms with Gasteiger partial charge in [0.25, 0.3) is 0 Å². The first-order chi connectivity index (χ1) is 9.02. The molecule has 0 aromatic rings. The Balaban J connectivity index is 1.96. The predicted molar refractivity (Wildman–Crippen MR) is 69.4 cm³/mol. The fraction of sp³-hybridized carbons (Fsp3) is 0.933. The van der Waals surface area contributed by atoms with Crippen molar-refractivity contribution in [3.05, 3.63) is 0 Å². The summed E-state index contributed by atoms with van der Waals surface area (Å²) in [6.45, 7) is 1.45. The molecule has 0 aromatic carbocycles. The molecule has 0 amide bonds. The van der Waals surface area contributed by atoms with E-state index in [0.717, 1.165) is 44.9 Å². The summed E-state index contributed by atoms with van der Waals surface area (Å²) in [6.07, 6.45) is 6.70. The summed E-state index contributed by atoms with van der Waals surface area (Å²) in [5, 5.41) is 21.2. The number of hydrogen-bond acceptors (Lipinski definition) is 4. The fourth-order valence-corrected chi connectivity index (χ4v) is 5.07. The van der Waals surface area contributed by atoms with Gasteiger partial charge in [-0.15, -0.1) is 0 Å². The molecule has 4 nitrogen and oxygen atoms in total. The minimum absolute atomic E-state index is 0.0734. The van der Waals surface area contributed by atoms with Crippen LogP contribution in [0.15, 0.2) is 0 Å². The average molecular weight is 268 g/mol. The van der Waals surface area contributed by atoms with Crippen LogP contribution < -0.4 is 0 Å². The van der Waals surface area contributed by atoms with Crippen molar-refractivity contribution in [2.45, 2.75) is 75.6 Å². The van der Waals surface area contributed by atoms with E-state index in [4.69, 9.17) is 4.74 Å². The van der Waals surface area contributed by atoms with Crippen molar-refractivity contribution in [1.29, 1.82) is 0 Å². The minimum Gasteiger partial charge on any atom is -0.458 e. The number of esters is 1. The van der Waals surface area contributed by atoms with E-state index in [2.05, 4.69) is 0 Å². The maximum atomic E-state index is 11.5. The van der Waals surface area contributed by atoms with E-state index in [1.165, 1.54) is 6.92 Å². The molecule has 0 saturated heterocycles. The normalized spacial score (nSPS) is 49.3. The summed E-state index contributed by atoms with van der Waals surface area (Å²) in [4.78, 5) is 11.5. The van der Waals surface area contributed by atoms with Crippen molar-refractivity contribution in [2.75, 3.05) is 0 Å². The Morgan fingerprint density at radius 2 is 1.79 bits per heavy atom. The van der Waals surface area contributed by atoms with E-state index in [0.29, 0.717) is 6.42 Å². The lowest BCUT2D eigenvalue weighted by molar-refractivity contribution is -0.337. The fourth-order valence-electron chi connectivity index (χ4n) is 5.07. The molecule has 0 radical (unpaired) electrons. The number of hydrogen-bond donors (Lipinski definition) is 2. The zero-order chi connectivity index (χ0) is 13.7. The monoisotopic (exact) mass is 268 g/mol. The molecule has 3 aliphatic carbocycles. The molecule has 0 aromatic heterocycles. The van der Waals surface area contributed by atoms with Gasteiger partial charge < -0.3 is 14.9 Å². The first-order valence-corrected chi connectivity index (χ1v) is 7.62. The van der Waals surface area contributed by atoms with E-state index in [-0.39, 0.29) is 17.8 Å². The van der Waals surface area contributed by atoms with Gasteiger partial charge in [0.2, 0.25) is 0 Å². The van der Waals surface area contributed by atoms with Crippen molar-refractivity contribution in [3.8, 4) is 0 Å². The molecule has 0 heterocycles. The van der Waals surface area contributed by atoms with Crippen LogP contribution >= 0.6 is 0 Å². The molecule has 108 valence electrons. The quantitative estimate of drug-likeness (QED) is 0.711. The molecule has 0 spiro atoms. The standard InChI is InChI=1S/C15H24O4/c1-10(16)19-14-9-4-2-3-6-11(14)15(18)12(14)7-5-8-13(15)17/h11-13,17-18H,2-9H2,1H3/t11?,12-,13?,14+,15?/m0/s1. The Labute approximate surface area is 114 Å². The zero-order valence-electron chi connectivity index (χ0n) is 11.6. The summed E-state index contributed by atoms with van der Waals surface area (Å²) < 4.78 is 5.73. The van der Waals surface area contributed by atoms with Crippen molar-refractivity contribution >= 4 is 5.97 Å². The number of fused-ring (bicyclic) bond motifs is 4. The van der Waals surface area contributed by atoms with Gasteiger partial charge >= 0.3 is 5.97 Å². The van der Waals surface area contributed by atoms with Crippen LogP contribution in [0.3, 0.4) is 0 Å².